The number of benzene rings is 1. The average Bonchev–Trinajstić information content (AvgIpc) is 2.47. The minimum atomic E-state index is -0.558. The van der Waals surface area contributed by atoms with Gasteiger partial charge in [0.25, 0.3) is 0 Å². The number of hydrogen-bond acceptors (Lipinski definition) is 4. The molecule has 2 rings (SSSR count). The number of anilines is 1. The molecule has 7 heteroatoms. The Hall–Kier alpha value is -2.27. The summed E-state index contributed by atoms with van der Waals surface area (Å²) in [6.07, 6.45) is 1.39. The number of piperidine rings is 1. The van der Waals surface area contributed by atoms with Gasteiger partial charge in [-0.25, -0.2) is 9.18 Å². The number of nitrogens with zero attached hydrogens (tertiary/aromatic N) is 4. The van der Waals surface area contributed by atoms with Gasteiger partial charge in [0, 0.05) is 24.0 Å². The highest BCUT2D eigenvalue weighted by atomic mass is 19.1. The monoisotopic (exact) mass is 278 g/mol. The first-order valence-corrected chi connectivity index (χ1v) is 6.32. The van der Waals surface area contributed by atoms with E-state index in [1.807, 2.05) is 4.90 Å². The highest BCUT2D eigenvalue weighted by Gasteiger charge is 2.21. The minimum absolute atomic E-state index is 0.0198. The first kappa shape index (κ1) is 14.1. The van der Waals surface area contributed by atoms with Crippen LogP contribution in [0, 0.1) is 5.82 Å². The van der Waals surface area contributed by atoms with E-state index in [9.17, 15) is 9.18 Å². The van der Waals surface area contributed by atoms with E-state index in [0.717, 1.165) is 0 Å². The average molecular weight is 278 g/mol. The predicted molar refractivity (Wildman–Crippen MR) is 72.1 cm³/mol. The maximum absolute atomic E-state index is 14.0. The van der Waals surface area contributed by atoms with Gasteiger partial charge in [-0.3, -0.25) is 0 Å². The molecule has 1 aliphatic rings. The van der Waals surface area contributed by atoms with E-state index in [4.69, 9.17) is 5.53 Å². The van der Waals surface area contributed by atoms with Gasteiger partial charge in [-0.05, 0) is 36.6 Å². The third kappa shape index (κ3) is 3.00. The van der Waals surface area contributed by atoms with Crippen LogP contribution in [-0.2, 0) is 4.74 Å². The van der Waals surface area contributed by atoms with E-state index >= 15 is 0 Å². The van der Waals surface area contributed by atoms with Gasteiger partial charge < -0.3 is 9.64 Å². The van der Waals surface area contributed by atoms with Crippen molar-refractivity contribution in [2.24, 2.45) is 5.11 Å². The van der Waals surface area contributed by atoms with Crippen LogP contribution in [0.15, 0.2) is 23.3 Å². The highest BCUT2D eigenvalue weighted by Crippen LogP contribution is 2.25. The van der Waals surface area contributed by atoms with E-state index in [0.29, 0.717) is 31.6 Å². The van der Waals surface area contributed by atoms with Crippen LogP contribution in [0.2, 0.25) is 0 Å². The maximum Gasteiger partial charge on any atom is 0.337 e. The molecule has 0 aliphatic carbocycles. The third-order valence-corrected chi connectivity index (χ3v) is 3.39. The SMILES string of the molecule is COC(=O)c1ccc(N2CCC(N=[N+]=[N-])CC2)c(F)c1. The first-order chi connectivity index (χ1) is 9.65. The molecule has 0 N–H and O–H groups in total. The molecule has 0 bridgehead atoms. The Balaban J connectivity index is 2.10. The number of hydrogen-bond donors (Lipinski definition) is 0. The van der Waals surface area contributed by atoms with E-state index < -0.39 is 11.8 Å². The highest BCUT2D eigenvalue weighted by molar-refractivity contribution is 5.89. The zero-order chi connectivity index (χ0) is 14.5. The number of rotatable bonds is 3. The molecule has 1 saturated heterocycles. The van der Waals surface area contributed by atoms with Crippen molar-refractivity contribution in [3.8, 4) is 0 Å². The topological polar surface area (TPSA) is 78.3 Å². The second-order valence-corrected chi connectivity index (χ2v) is 4.58. The fourth-order valence-corrected chi connectivity index (χ4v) is 2.30. The Bertz CT molecular complexity index is 549. The van der Waals surface area contributed by atoms with Crippen molar-refractivity contribution in [3.63, 3.8) is 0 Å². The van der Waals surface area contributed by atoms with Crippen molar-refractivity contribution in [3.05, 3.63) is 40.0 Å². The minimum Gasteiger partial charge on any atom is -0.465 e. The van der Waals surface area contributed by atoms with Crippen LogP contribution in [0.5, 0.6) is 0 Å². The first-order valence-electron chi connectivity index (χ1n) is 6.32. The molecule has 0 spiro atoms. The quantitative estimate of drug-likeness (QED) is 0.369. The molecule has 0 atom stereocenters. The lowest BCUT2D eigenvalue weighted by atomic mass is 10.0. The Labute approximate surface area is 115 Å². The molecule has 106 valence electrons. The number of azide groups is 1. The Morgan fingerprint density at radius 2 is 2.20 bits per heavy atom. The summed E-state index contributed by atoms with van der Waals surface area (Å²) in [6.45, 7) is 1.25. The summed E-state index contributed by atoms with van der Waals surface area (Å²) < 4.78 is 18.6. The van der Waals surface area contributed by atoms with Crippen LogP contribution in [0.25, 0.3) is 10.4 Å². The van der Waals surface area contributed by atoms with Crippen LogP contribution < -0.4 is 4.90 Å². The summed E-state index contributed by atoms with van der Waals surface area (Å²) in [4.78, 5) is 16.0. The van der Waals surface area contributed by atoms with Gasteiger partial charge in [0.05, 0.1) is 18.4 Å². The van der Waals surface area contributed by atoms with E-state index in [2.05, 4.69) is 14.8 Å². The molecule has 0 unspecified atom stereocenters. The summed E-state index contributed by atoms with van der Waals surface area (Å²) in [5.74, 6) is -1.01. The van der Waals surface area contributed by atoms with Gasteiger partial charge in [-0.15, -0.1) is 0 Å². The number of carbonyl (C=O) groups excluding carboxylic acids is 1. The number of methoxy groups -OCH3 is 1. The number of carbonyl (C=O) groups is 1. The third-order valence-electron chi connectivity index (χ3n) is 3.39. The van der Waals surface area contributed by atoms with Gasteiger partial charge in [0.1, 0.15) is 5.82 Å². The molecular formula is C13H15FN4O2. The molecule has 1 aromatic rings. The zero-order valence-electron chi connectivity index (χ0n) is 11.1. The normalized spacial score (nSPS) is 15.6. The molecule has 6 nitrogen and oxygen atoms in total. The second kappa shape index (κ2) is 6.25. The molecule has 1 aromatic carbocycles. The second-order valence-electron chi connectivity index (χ2n) is 4.58. The molecule has 1 aliphatic heterocycles. The Morgan fingerprint density at radius 3 is 2.75 bits per heavy atom. The van der Waals surface area contributed by atoms with Crippen molar-refractivity contribution in [1.29, 1.82) is 0 Å². The smallest absolute Gasteiger partial charge is 0.337 e. The summed E-state index contributed by atoms with van der Waals surface area (Å²) in [7, 11) is 1.26. The van der Waals surface area contributed by atoms with Crippen molar-refractivity contribution in [2.45, 2.75) is 18.9 Å². The molecular weight excluding hydrogens is 263 g/mol. The maximum atomic E-state index is 14.0. The molecule has 0 amide bonds. The van der Waals surface area contributed by atoms with Crippen LogP contribution in [0.4, 0.5) is 10.1 Å². The standard InChI is InChI=1S/C13H15FN4O2/c1-20-13(19)9-2-3-12(11(14)8-9)18-6-4-10(5-7-18)16-17-15/h2-3,8,10H,4-7H2,1H3. The fourth-order valence-electron chi connectivity index (χ4n) is 2.30. The van der Waals surface area contributed by atoms with Gasteiger partial charge in [0.2, 0.25) is 0 Å². The molecule has 0 aromatic heterocycles. The Kier molecular flexibility index (Phi) is 4.42. The lowest BCUT2D eigenvalue weighted by Gasteiger charge is -2.32. The number of halogens is 1. The predicted octanol–water partition coefficient (Wildman–Crippen LogP) is 2.89. The number of ether oxygens (including phenoxy) is 1. The lowest BCUT2D eigenvalue weighted by molar-refractivity contribution is 0.0600. The molecule has 0 radical (unpaired) electrons. The van der Waals surface area contributed by atoms with Crippen LogP contribution >= 0.6 is 0 Å². The summed E-state index contributed by atoms with van der Waals surface area (Å²) in [5, 5.41) is 3.68. The largest absolute Gasteiger partial charge is 0.465 e. The zero-order valence-corrected chi connectivity index (χ0v) is 11.1. The lowest BCUT2D eigenvalue weighted by Crippen LogP contribution is -2.35. The fraction of sp³-hybridized carbons (Fsp3) is 0.462. The van der Waals surface area contributed by atoms with Crippen LogP contribution in [0.3, 0.4) is 0 Å². The molecule has 0 saturated carbocycles. The summed E-state index contributed by atoms with van der Waals surface area (Å²) in [6, 6.07) is 4.29. The van der Waals surface area contributed by atoms with E-state index in [1.54, 1.807) is 12.1 Å². The van der Waals surface area contributed by atoms with Gasteiger partial charge in [-0.1, -0.05) is 5.11 Å². The Morgan fingerprint density at radius 1 is 1.50 bits per heavy atom. The van der Waals surface area contributed by atoms with Gasteiger partial charge in [0.15, 0.2) is 0 Å². The summed E-state index contributed by atoms with van der Waals surface area (Å²) >= 11 is 0. The van der Waals surface area contributed by atoms with Crippen molar-refractivity contribution in [2.75, 3.05) is 25.1 Å². The van der Waals surface area contributed by atoms with Crippen molar-refractivity contribution in [1.82, 2.24) is 0 Å². The van der Waals surface area contributed by atoms with E-state index in [1.165, 1.54) is 13.2 Å². The van der Waals surface area contributed by atoms with Gasteiger partial charge in [-0.2, -0.15) is 0 Å². The molecule has 20 heavy (non-hydrogen) atoms. The van der Waals surface area contributed by atoms with Crippen LogP contribution in [0.1, 0.15) is 23.2 Å². The van der Waals surface area contributed by atoms with Crippen LogP contribution in [-0.4, -0.2) is 32.2 Å². The summed E-state index contributed by atoms with van der Waals surface area (Å²) in [5.41, 5.74) is 9.04. The van der Waals surface area contributed by atoms with E-state index in [-0.39, 0.29) is 11.6 Å². The van der Waals surface area contributed by atoms with Crippen molar-refractivity contribution < 1.29 is 13.9 Å². The number of esters is 1. The molecule has 1 fully saturated rings. The van der Waals surface area contributed by atoms with Crippen molar-refractivity contribution >= 4 is 11.7 Å². The molecule has 1 heterocycles. The van der Waals surface area contributed by atoms with Gasteiger partial charge >= 0.3 is 5.97 Å².